The van der Waals surface area contributed by atoms with Crippen LogP contribution < -0.4 is 15.8 Å². The SMILES string of the molecule is C#Cc1ccc(C(C)OC(=O)Nc2ccc(C(N)=NC=Nc3ccc(OC(F)(F)F)cc3)cc2)cc1. The molecule has 0 saturated carbocycles. The first-order valence-electron chi connectivity index (χ1n) is 10.5. The number of carbonyl (C=O) groups is 1. The summed E-state index contributed by atoms with van der Waals surface area (Å²) in [4.78, 5) is 20.2. The number of ether oxygens (including phenoxy) is 2. The van der Waals surface area contributed by atoms with E-state index < -0.39 is 18.6 Å². The maximum atomic E-state index is 12.2. The zero-order chi connectivity index (χ0) is 26.1. The van der Waals surface area contributed by atoms with E-state index in [0.717, 1.165) is 23.3 Å². The van der Waals surface area contributed by atoms with E-state index in [9.17, 15) is 18.0 Å². The fourth-order valence-electron chi connectivity index (χ4n) is 2.92. The highest BCUT2D eigenvalue weighted by atomic mass is 19.4. The van der Waals surface area contributed by atoms with Crippen LogP contribution in [0.25, 0.3) is 0 Å². The smallest absolute Gasteiger partial charge is 0.441 e. The highest BCUT2D eigenvalue weighted by Crippen LogP contribution is 2.24. The lowest BCUT2D eigenvalue weighted by atomic mass is 10.1. The molecule has 0 saturated heterocycles. The van der Waals surface area contributed by atoms with Gasteiger partial charge in [0.2, 0.25) is 0 Å². The molecule has 0 aliphatic rings. The average Bonchev–Trinajstić information content (AvgIpc) is 2.84. The van der Waals surface area contributed by atoms with Crippen molar-refractivity contribution in [2.45, 2.75) is 19.4 Å². The Morgan fingerprint density at radius 3 is 2.28 bits per heavy atom. The van der Waals surface area contributed by atoms with Crippen molar-refractivity contribution in [3.63, 3.8) is 0 Å². The number of carbonyl (C=O) groups excluding carboxylic acids is 1. The first kappa shape index (κ1) is 25.8. The molecule has 3 aromatic carbocycles. The summed E-state index contributed by atoms with van der Waals surface area (Å²) in [5.41, 5.74) is 8.90. The van der Waals surface area contributed by atoms with Gasteiger partial charge in [-0.25, -0.2) is 14.8 Å². The molecule has 1 atom stereocenters. The van der Waals surface area contributed by atoms with Crippen molar-refractivity contribution < 1.29 is 27.4 Å². The Bertz CT molecular complexity index is 1280. The second-order valence-electron chi connectivity index (χ2n) is 7.32. The number of amidine groups is 1. The molecule has 0 aromatic heterocycles. The zero-order valence-corrected chi connectivity index (χ0v) is 19.0. The van der Waals surface area contributed by atoms with Gasteiger partial charge in [0, 0.05) is 16.8 Å². The van der Waals surface area contributed by atoms with Crippen molar-refractivity contribution in [3.05, 3.63) is 89.5 Å². The second-order valence-corrected chi connectivity index (χ2v) is 7.32. The molecular weight excluding hydrogens is 473 g/mol. The molecule has 1 unspecified atom stereocenters. The number of hydrogen-bond donors (Lipinski definition) is 2. The van der Waals surface area contributed by atoms with E-state index in [1.54, 1.807) is 55.5 Å². The van der Waals surface area contributed by atoms with Gasteiger partial charge >= 0.3 is 12.5 Å². The van der Waals surface area contributed by atoms with Gasteiger partial charge in [-0.1, -0.05) is 18.1 Å². The third kappa shape index (κ3) is 7.92. The molecule has 0 aliphatic heterocycles. The molecule has 3 N–H and O–H groups in total. The van der Waals surface area contributed by atoms with Crippen LogP contribution in [0, 0.1) is 12.3 Å². The molecule has 7 nitrogen and oxygen atoms in total. The normalized spacial score (nSPS) is 12.6. The Morgan fingerprint density at radius 2 is 1.69 bits per heavy atom. The average molecular weight is 494 g/mol. The van der Waals surface area contributed by atoms with Crippen molar-refractivity contribution in [2.24, 2.45) is 15.7 Å². The lowest BCUT2D eigenvalue weighted by Gasteiger charge is -2.14. The zero-order valence-electron chi connectivity index (χ0n) is 19.0. The number of nitrogens with one attached hydrogen (secondary N) is 1. The van der Waals surface area contributed by atoms with Crippen LogP contribution in [0.1, 0.15) is 29.7 Å². The Labute approximate surface area is 205 Å². The van der Waals surface area contributed by atoms with E-state index in [0.29, 0.717) is 16.9 Å². The maximum absolute atomic E-state index is 12.2. The summed E-state index contributed by atoms with van der Waals surface area (Å²) >= 11 is 0. The van der Waals surface area contributed by atoms with Crippen molar-refractivity contribution in [3.8, 4) is 18.1 Å². The van der Waals surface area contributed by atoms with Crippen LogP contribution in [-0.2, 0) is 4.74 Å². The molecule has 0 bridgehead atoms. The molecule has 0 heterocycles. The van der Waals surface area contributed by atoms with Gasteiger partial charge < -0.3 is 15.2 Å². The van der Waals surface area contributed by atoms with Crippen LogP contribution in [0.3, 0.4) is 0 Å². The van der Waals surface area contributed by atoms with Crippen LogP contribution in [0.15, 0.2) is 82.8 Å². The highest BCUT2D eigenvalue weighted by Gasteiger charge is 2.30. The van der Waals surface area contributed by atoms with E-state index >= 15 is 0 Å². The van der Waals surface area contributed by atoms with Crippen molar-refractivity contribution in [1.29, 1.82) is 0 Å². The molecule has 0 aliphatic carbocycles. The summed E-state index contributed by atoms with van der Waals surface area (Å²) in [6, 6.07) is 18.6. The first-order valence-corrected chi connectivity index (χ1v) is 10.5. The molecular formula is C26H21F3N4O3. The molecule has 3 aromatic rings. The van der Waals surface area contributed by atoms with E-state index in [2.05, 4.69) is 26.0 Å². The second kappa shape index (κ2) is 11.6. The number of anilines is 1. The lowest BCUT2D eigenvalue weighted by molar-refractivity contribution is -0.274. The van der Waals surface area contributed by atoms with Gasteiger partial charge in [0.15, 0.2) is 0 Å². The minimum absolute atomic E-state index is 0.147. The van der Waals surface area contributed by atoms with E-state index in [1.807, 2.05) is 0 Å². The highest BCUT2D eigenvalue weighted by molar-refractivity contribution is 6.01. The first-order chi connectivity index (χ1) is 17.1. The van der Waals surface area contributed by atoms with E-state index in [-0.39, 0.29) is 11.6 Å². The summed E-state index contributed by atoms with van der Waals surface area (Å²) < 4.78 is 45.8. The van der Waals surface area contributed by atoms with E-state index in [4.69, 9.17) is 16.9 Å². The number of halogens is 3. The summed E-state index contributed by atoms with van der Waals surface area (Å²) in [7, 11) is 0. The molecule has 36 heavy (non-hydrogen) atoms. The van der Waals surface area contributed by atoms with Gasteiger partial charge in [-0.2, -0.15) is 0 Å². The summed E-state index contributed by atoms with van der Waals surface area (Å²) in [6.45, 7) is 1.75. The minimum Gasteiger partial charge on any atom is -0.441 e. The van der Waals surface area contributed by atoms with Gasteiger partial charge in [-0.3, -0.25) is 5.32 Å². The van der Waals surface area contributed by atoms with E-state index in [1.165, 1.54) is 18.5 Å². The molecule has 0 fully saturated rings. The quantitative estimate of drug-likeness (QED) is 0.241. The predicted octanol–water partition coefficient (Wildman–Crippen LogP) is 5.94. The molecule has 1 amide bonds. The van der Waals surface area contributed by atoms with Crippen molar-refractivity contribution >= 4 is 29.6 Å². The molecule has 0 radical (unpaired) electrons. The number of rotatable bonds is 7. The standard InChI is InChI=1S/C26H21F3N4O3/c1-3-18-4-6-19(7-5-18)17(2)35-25(34)33-22-10-8-20(9-11-22)24(30)32-16-31-21-12-14-23(15-13-21)36-26(27,28)29/h1,4-17H,2H3,(H,33,34)(H2,30,31,32). The number of terminal acetylenes is 1. The van der Waals surface area contributed by atoms with Crippen LogP contribution in [0.2, 0.25) is 0 Å². The number of nitrogens with zero attached hydrogens (tertiary/aromatic N) is 2. The Morgan fingerprint density at radius 1 is 1.06 bits per heavy atom. The number of amides is 1. The summed E-state index contributed by atoms with van der Waals surface area (Å²) in [5, 5.41) is 2.63. The maximum Gasteiger partial charge on any atom is 0.573 e. The van der Waals surface area contributed by atoms with Gasteiger partial charge in [0.25, 0.3) is 0 Å². The Kier molecular flexibility index (Phi) is 8.30. The summed E-state index contributed by atoms with van der Waals surface area (Å²) in [6.07, 6.45) is 0.648. The fraction of sp³-hybridized carbons (Fsp3) is 0.115. The third-order valence-electron chi connectivity index (χ3n) is 4.73. The van der Waals surface area contributed by atoms with Crippen LogP contribution in [0.4, 0.5) is 29.3 Å². The van der Waals surface area contributed by atoms with Crippen molar-refractivity contribution in [2.75, 3.05) is 5.32 Å². The fourth-order valence-corrected chi connectivity index (χ4v) is 2.92. The number of nitrogens with two attached hydrogens (primary N) is 1. The molecule has 10 heteroatoms. The molecule has 0 spiro atoms. The summed E-state index contributed by atoms with van der Waals surface area (Å²) in [5.74, 6) is 2.32. The van der Waals surface area contributed by atoms with Gasteiger partial charge in [0.05, 0.1) is 5.69 Å². The van der Waals surface area contributed by atoms with Crippen molar-refractivity contribution in [1.82, 2.24) is 0 Å². The third-order valence-corrected chi connectivity index (χ3v) is 4.73. The van der Waals surface area contributed by atoms with Gasteiger partial charge in [0.1, 0.15) is 24.0 Å². The Hall–Kier alpha value is -4.78. The lowest BCUT2D eigenvalue weighted by Crippen LogP contribution is -2.17. The van der Waals surface area contributed by atoms with Crippen LogP contribution >= 0.6 is 0 Å². The molecule has 184 valence electrons. The number of aliphatic imine (C=N–C) groups is 2. The Balaban J connectivity index is 1.53. The van der Waals surface area contributed by atoms with Gasteiger partial charge in [-0.15, -0.1) is 19.6 Å². The number of benzene rings is 3. The molecule has 3 rings (SSSR count). The van der Waals surface area contributed by atoms with Crippen LogP contribution in [0.5, 0.6) is 5.75 Å². The number of hydrogen-bond acceptors (Lipinski definition) is 4. The minimum atomic E-state index is -4.76. The van der Waals surface area contributed by atoms with Gasteiger partial charge in [-0.05, 0) is 73.2 Å². The monoisotopic (exact) mass is 494 g/mol. The number of alkyl halides is 3. The topological polar surface area (TPSA) is 98.3 Å². The van der Waals surface area contributed by atoms with Crippen LogP contribution in [-0.4, -0.2) is 24.6 Å². The predicted molar refractivity (Wildman–Crippen MR) is 131 cm³/mol. The largest absolute Gasteiger partial charge is 0.573 e.